The summed E-state index contributed by atoms with van der Waals surface area (Å²) in [5.41, 5.74) is 2.24. The number of hydrogen-bond acceptors (Lipinski definition) is 1. The van der Waals surface area contributed by atoms with Gasteiger partial charge in [0.15, 0.2) is 0 Å². The molecule has 0 aliphatic heterocycles. The van der Waals surface area contributed by atoms with Crippen molar-refractivity contribution < 1.29 is 5.11 Å². The largest absolute Gasteiger partial charge is 0.392 e. The summed E-state index contributed by atoms with van der Waals surface area (Å²) in [6, 6.07) is 8.05. The average molecular weight is 174 g/mol. The topological polar surface area (TPSA) is 20.2 Å². The lowest BCUT2D eigenvalue weighted by atomic mass is 10.1. The summed E-state index contributed by atoms with van der Waals surface area (Å²) >= 11 is 0. The van der Waals surface area contributed by atoms with Gasteiger partial charge in [0, 0.05) is 12.0 Å². The first-order valence-electron chi connectivity index (χ1n) is 4.42. The van der Waals surface area contributed by atoms with Gasteiger partial charge in [-0.2, -0.15) is 0 Å². The Bertz CT molecular complexity index is 311. The van der Waals surface area contributed by atoms with Crippen LogP contribution in [-0.2, 0) is 0 Å². The third-order valence-corrected chi connectivity index (χ3v) is 1.68. The van der Waals surface area contributed by atoms with Crippen molar-refractivity contribution in [2.75, 3.05) is 0 Å². The molecule has 1 rings (SSSR count). The van der Waals surface area contributed by atoms with Crippen LogP contribution in [0.25, 0.3) is 0 Å². The van der Waals surface area contributed by atoms with Crippen LogP contribution in [0.4, 0.5) is 0 Å². The number of rotatable bonds is 1. The van der Waals surface area contributed by atoms with Crippen LogP contribution in [-0.4, -0.2) is 11.2 Å². The first-order chi connectivity index (χ1) is 6.18. The smallest absolute Gasteiger partial charge is 0.0621 e. The van der Waals surface area contributed by atoms with Crippen LogP contribution in [0.2, 0.25) is 0 Å². The molecule has 0 radical (unpaired) electrons. The first kappa shape index (κ1) is 9.83. The molecule has 1 N–H and O–H groups in total. The normalized spacial score (nSPS) is 11.6. The lowest BCUT2D eigenvalue weighted by Gasteiger charge is -1.94. The number of aliphatic hydroxyl groups excluding tert-OH is 1. The summed E-state index contributed by atoms with van der Waals surface area (Å²) in [4.78, 5) is 0. The second kappa shape index (κ2) is 4.69. The molecule has 0 aromatic heterocycles. The Labute approximate surface area is 79.4 Å². The van der Waals surface area contributed by atoms with E-state index in [1.165, 1.54) is 5.56 Å². The number of aryl methyl sites for hydroxylation is 1. The van der Waals surface area contributed by atoms with E-state index in [4.69, 9.17) is 5.11 Å². The van der Waals surface area contributed by atoms with Gasteiger partial charge >= 0.3 is 0 Å². The van der Waals surface area contributed by atoms with Gasteiger partial charge in [0.25, 0.3) is 0 Å². The molecule has 0 bridgehead atoms. The van der Waals surface area contributed by atoms with Crippen molar-refractivity contribution in [2.45, 2.75) is 26.4 Å². The van der Waals surface area contributed by atoms with E-state index in [9.17, 15) is 0 Å². The molecule has 0 aliphatic rings. The van der Waals surface area contributed by atoms with E-state index in [1.807, 2.05) is 31.2 Å². The third kappa shape index (κ3) is 3.78. The fraction of sp³-hybridized carbons (Fsp3) is 0.333. The van der Waals surface area contributed by atoms with Crippen molar-refractivity contribution in [3.05, 3.63) is 35.4 Å². The van der Waals surface area contributed by atoms with Gasteiger partial charge in [-0.25, -0.2) is 0 Å². The van der Waals surface area contributed by atoms with Gasteiger partial charge in [0.2, 0.25) is 0 Å². The highest BCUT2D eigenvalue weighted by molar-refractivity contribution is 5.35. The second-order valence-corrected chi connectivity index (χ2v) is 3.22. The fourth-order valence-corrected chi connectivity index (χ4v) is 0.938. The SMILES string of the molecule is Cc1ccc(C#CC[C@H](C)O)cc1. The van der Waals surface area contributed by atoms with E-state index < -0.39 is 0 Å². The van der Waals surface area contributed by atoms with E-state index in [0.29, 0.717) is 6.42 Å². The summed E-state index contributed by atoms with van der Waals surface area (Å²) < 4.78 is 0. The van der Waals surface area contributed by atoms with Gasteiger partial charge in [0.1, 0.15) is 0 Å². The Hall–Kier alpha value is -1.26. The number of aliphatic hydroxyl groups is 1. The summed E-state index contributed by atoms with van der Waals surface area (Å²) in [7, 11) is 0. The van der Waals surface area contributed by atoms with E-state index >= 15 is 0 Å². The molecule has 0 saturated carbocycles. The van der Waals surface area contributed by atoms with Crippen molar-refractivity contribution in [2.24, 2.45) is 0 Å². The molecule has 0 aliphatic carbocycles. The van der Waals surface area contributed by atoms with Crippen molar-refractivity contribution in [1.82, 2.24) is 0 Å². The highest BCUT2D eigenvalue weighted by atomic mass is 16.3. The molecule has 13 heavy (non-hydrogen) atoms. The Morgan fingerprint density at radius 1 is 1.31 bits per heavy atom. The second-order valence-electron chi connectivity index (χ2n) is 3.22. The Morgan fingerprint density at radius 3 is 2.46 bits per heavy atom. The average Bonchev–Trinajstić information content (AvgIpc) is 2.08. The van der Waals surface area contributed by atoms with Gasteiger partial charge in [-0.05, 0) is 26.0 Å². The van der Waals surface area contributed by atoms with Crippen LogP contribution in [0.1, 0.15) is 24.5 Å². The highest BCUT2D eigenvalue weighted by Crippen LogP contribution is 2.01. The molecular formula is C12H14O. The number of benzene rings is 1. The van der Waals surface area contributed by atoms with Crippen molar-refractivity contribution in [1.29, 1.82) is 0 Å². The summed E-state index contributed by atoms with van der Waals surface area (Å²) in [5, 5.41) is 8.97. The monoisotopic (exact) mass is 174 g/mol. The van der Waals surface area contributed by atoms with Crippen molar-refractivity contribution in [3.63, 3.8) is 0 Å². The minimum absolute atomic E-state index is 0.335. The molecule has 0 amide bonds. The van der Waals surface area contributed by atoms with Crippen molar-refractivity contribution >= 4 is 0 Å². The Morgan fingerprint density at radius 2 is 1.92 bits per heavy atom. The standard InChI is InChI=1S/C12H14O/c1-10-6-8-12(9-7-10)5-3-4-11(2)13/h6-9,11,13H,4H2,1-2H3/t11-/m0/s1. The predicted molar refractivity (Wildman–Crippen MR) is 54.4 cm³/mol. The van der Waals surface area contributed by atoms with Crippen LogP contribution in [0.15, 0.2) is 24.3 Å². The molecule has 0 heterocycles. The lowest BCUT2D eigenvalue weighted by Crippen LogP contribution is -1.95. The van der Waals surface area contributed by atoms with Crippen LogP contribution in [0.5, 0.6) is 0 Å². The quantitative estimate of drug-likeness (QED) is 0.646. The molecule has 0 spiro atoms. The molecule has 0 saturated heterocycles. The van der Waals surface area contributed by atoms with Gasteiger partial charge in [-0.15, -0.1) is 0 Å². The first-order valence-corrected chi connectivity index (χ1v) is 4.42. The zero-order valence-corrected chi connectivity index (χ0v) is 8.04. The predicted octanol–water partition coefficient (Wildman–Crippen LogP) is 2.12. The van der Waals surface area contributed by atoms with Gasteiger partial charge < -0.3 is 5.11 Å². The van der Waals surface area contributed by atoms with Crippen LogP contribution in [0.3, 0.4) is 0 Å². The maximum atomic E-state index is 8.97. The lowest BCUT2D eigenvalue weighted by molar-refractivity contribution is 0.201. The third-order valence-electron chi connectivity index (χ3n) is 1.68. The van der Waals surface area contributed by atoms with Gasteiger partial charge in [-0.3, -0.25) is 0 Å². The van der Waals surface area contributed by atoms with E-state index in [-0.39, 0.29) is 6.10 Å². The molecule has 1 heteroatoms. The number of hydrogen-bond donors (Lipinski definition) is 1. The van der Waals surface area contributed by atoms with Crippen LogP contribution in [0, 0.1) is 18.8 Å². The van der Waals surface area contributed by atoms with Crippen LogP contribution >= 0.6 is 0 Å². The highest BCUT2D eigenvalue weighted by Gasteiger charge is 1.89. The molecule has 0 fully saturated rings. The van der Waals surface area contributed by atoms with E-state index in [2.05, 4.69) is 11.8 Å². The zero-order chi connectivity index (χ0) is 9.68. The maximum absolute atomic E-state index is 8.97. The molecule has 0 unspecified atom stereocenters. The molecule has 1 aromatic carbocycles. The summed E-state index contributed by atoms with van der Waals surface area (Å²) in [6.07, 6.45) is 0.200. The minimum atomic E-state index is -0.335. The molecular weight excluding hydrogens is 160 g/mol. The Kier molecular flexibility index (Phi) is 3.54. The molecule has 1 aromatic rings. The van der Waals surface area contributed by atoms with Crippen LogP contribution < -0.4 is 0 Å². The van der Waals surface area contributed by atoms with E-state index in [0.717, 1.165) is 5.56 Å². The molecule has 1 nitrogen and oxygen atoms in total. The van der Waals surface area contributed by atoms with Gasteiger partial charge in [0.05, 0.1) is 6.10 Å². The van der Waals surface area contributed by atoms with Crippen molar-refractivity contribution in [3.8, 4) is 11.8 Å². The molecule has 68 valence electrons. The van der Waals surface area contributed by atoms with Gasteiger partial charge in [-0.1, -0.05) is 29.5 Å². The Balaban J connectivity index is 2.62. The summed E-state index contributed by atoms with van der Waals surface area (Å²) in [6.45, 7) is 3.79. The fourth-order valence-electron chi connectivity index (χ4n) is 0.938. The zero-order valence-electron chi connectivity index (χ0n) is 8.04. The maximum Gasteiger partial charge on any atom is 0.0621 e. The molecule has 1 atom stereocenters. The summed E-state index contributed by atoms with van der Waals surface area (Å²) in [5.74, 6) is 5.91. The minimum Gasteiger partial charge on any atom is -0.392 e. The van der Waals surface area contributed by atoms with E-state index in [1.54, 1.807) is 6.92 Å².